The van der Waals surface area contributed by atoms with E-state index in [2.05, 4.69) is 43.5 Å². The summed E-state index contributed by atoms with van der Waals surface area (Å²) in [7, 11) is 0. The van der Waals surface area contributed by atoms with E-state index in [1.54, 1.807) is 6.08 Å². The number of aliphatic hydroxyl groups is 5. The first-order valence-corrected chi connectivity index (χ1v) is 35.7. The molecule has 1 saturated heterocycles. The molecule has 0 aromatic rings. The smallest absolute Gasteiger partial charge is 0.220 e. The molecule has 1 fully saturated rings. The van der Waals surface area contributed by atoms with Gasteiger partial charge in [0, 0.05) is 6.42 Å². The van der Waals surface area contributed by atoms with Gasteiger partial charge in [-0.3, -0.25) is 4.79 Å². The van der Waals surface area contributed by atoms with Crippen LogP contribution >= 0.6 is 0 Å². The Morgan fingerprint density at radius 1 is 0.420 bits per heavy atom. The molecule has 1 aliphatic heterocycles. The van der Waals surface area contributed by atoms with E-state index in [1.807, 2.05) is 6.08 Å². The van der Waals surface area contributed by atoms with E-state index in [4.69, 9.17) is 9.47 Å². The van der Waals surface area contributed by atoms with Crippen molar-refractivity contribution in [2.75, 3.05) is 13.2 Å². The number of allylic oxidation sites excluding steroid dienone is 5. The summed E-state index contributed by atoms with van der Waals surface area (Å²) >= 11 is 0. The first kappa shape index (κ1) is 77.4. The number of carbonyl (C=O) groups excluding carboxylic acids is 1. The molecule has 0 aromatic heterocycles. The minimum Gasteiger partial charge on any atom is -0.394 e. The van der Waals surface area contributed by atoms with Gasteiger partial charge < -0.3 is 40.3 Å². The van der Waals surface area contributed by atoms with Crippen LogP contribution in [0.4, 0.5) is 0 Å². The summed E-state index contributed by atoms with van der Waals surface area (Å²) < 4.78 is 11.3. The van der Waals surface area contributed by atoms with Crippen LogP contribution < -0.4 is 5.32 Å². The number of hydrogen-bond donors (Lipinski definition) is 6. The molecule has 0 spiro atoms. The van der Waals surface area contributed by atoms with Crippen molar-refractivity contribution < 1.29 is 39.8 Å². The zero-order valence-electron chi connectivity index (χ0n) is 53.6. The van der Waals surface area contributed by atoms with Crippen LogP contribution in [0.3, 0.4) is 0 Å². The minimum absolute atomic E-state index is 0.171. The van der Waals surface area contributed by atoms with Gasteiger partial charge in [-0.15, -0.1) is 0 Å². The number of rotatable bonds is 63. The van der Waals surface area contributed by atoms with Gasteiger partial charge in [-0.2, -0.15) is 0 Å². The molecule has 1 rings (SSSR count). The van der Waals surface area contributed by atoms with Gasteiger partial charge >= 0.3 is 0 Å². The Hall–Kier alpha value is -1.59. The fourth-order valence-electron chi connectivity index (χ4n) is 11.6. The van der Waals surface area contributed by atoms with E-state index < -0.39 is 49.5 Å². The predicted molar refractivity (Wildman–Crippen MR) is 346 cm³/mol. The quantitative estimate of drug-likeness (QED) is 0.0261. The number of hydrogen-bond acceptors (Lipinski definition) is 8. The average molecular weight is 1140 g/mol. The van der Waals surface area contributed by atoms with Gasteiger partial charge in [-0.25, -0.2) is 0 Å². The molecule has 478 valence electrons. The lowest BCUT2D eigenvalue weighted by atomic mass is 9.99. The Balaban J connectivity index is 2.06. The van der Waals surface area contributed by atoms with Gasteiger partial charge in [0.2, 0.25) is 5.91 Å². The highest BCUT2D eigenvalue weighted by Crippen LogP contribution is 2.23. The lowest BCUT2D eigenvalue weighted by Gasteiger charge is -2.40. The number of carbonyl (C=O) groups is 1. The molecule has 0 bridgehead atoms. The molecule has 0 radical (unpaired) electrons. The zero-order chi connectivity index (χ0) is 58.6. The SMILES string of the molecule is CCCCCCCCCCCCCCCCC/C=C\C/C=C\CCCCCCCCCCCCCCCCCCCC(=O)NC(COC1OC(CO)C(O)C(O)C1O)C(O)/C=C/CCCCCCCCCCCCCCCCCCC. The van der Waals surface area contributed by atoms with E-state index in [9.17, 15) is 30.3 Å². The molecule has 1 aliphatic rings. The van der Waals surface area contributed by atoms with Crippen LogP contribution in [0.15, 0.2) is 36.5 Å². The van der Waals surface area contributed by atoms with Gasteiger partial charge in [0.1, 0.15) is 24.4 Å². The lowest BCUT2D eigenvalue weighted by molar-refractivity contribution is -0.302. The molecule has 0 aliphatic carbocycles. The van der Waals surface area contributed by atoms with Crippen LogP contribution in [0.5, 0.6) is 0 Å². The standard InChI is InChI=1S/C72H137NO8/c1-3-5-7-9-11-13-15-17-19-21-23-24-25-26-27-28-29-30-31-32-33-34-35-36-37-38-39-40-41-42-44-46-48-50-52-54-56-58-60-62-68(76)73-65(64-80-72-71(79)70(78)69(77)67(63-74)81-72)66(75)61-59-57-55-53-51-49-47-45-43-22-20-18-16-14-12-10-8-6-4-2/h29-30,32-33,59,61,65-67,69-72,74-75,77-79H,3-28,31,34-58,60,62-64H2,1-2H3,(H,73,76)/b30-29-,33-32-,61-59+. The Morgan fingerprint density at radius 2 is 0.728 bits per heavy atom. The maximum absolute atomic E-state index is 13.1. The van der Waals surface area contributed by atoms with Crippen molar-refractivity contribution in [2.24, 2.45) is 0 Å². The minimum atomic E-state index is -1.57. The molecule has 7 atom stereocenters. The first-order chi connectivity index (χ1) is 39.8. The highest BCUT2D eigenvalue weighted by molar-refractivity contribution is 5.76. The summed E-state index contributed by atoms with van der Waals surface area (Å²) in [5.74, 6) is -0.171. The highest BCUT2D eigenvalue weighted by Gasteiger charge is 2.44. The average Bonchev–Trinajstić information content (AvgIpc) is 3.48. The Morgan fingerprint density at radius 3 is 1.06 bits per heavy atom. The number of amides is 1. The fourth-order valence-corrected chi connectivity index (χ4v) is 11.6. The summed E-state index contributed by atoms with van der Waals surface area (Å²) in [5.41, 5.74) is 0. The largest absolute Gasteiger partial charge is 0.394 e. The molecule has 9 nitrogen and oxygen atoms in total. The van der Waals surface area contributed by atoms with Crippen LogP contribution in [-0.4, -0.2) is 87.5 Å². The van der Waals surface area contributed by atoms with Crippen molar-refractivity contribution in [3.63, 3.8) is 0 Å². The summed E-state index contributed by atoms with van der Waals surface area (Å²) in [5, 5.41) is 54.7. The highest BCUT2D eigenvalue weighted by atomic mass is 16.7. The predicted octanol–water partition coefficient (Wildman–Crippen LogP) is 19.4. The Labute approximate surface area is 501 Å². The second-order valence-electron chi connectivity index (χ2n) is 25.0. The van der Waals surface area contributed by atoms with Gasteiger partial charge in [0.05, 0.1) is 25.4 Å². The van der Waals surface area contributed by atoms with Gasteiger partial charge in [-0.1, -0.05) is 339 Å². The van der Waals surface area contributed by atoms with Crippen LogP contribution in [0, 0.1) is 0 Å². The number of aliphatic hydroxyl groups excluding tert-OH is 5. The van der Waals surface area contributed by atoms with Gasteiger partial charge in [-0.05, 0) is 51.4 Å². The molecule has 6 N–H and O–H groups in total. The second-order valence-corrected chi connectivity index (χ2v) is 25.0. The lowest BCUT2D eigenvalue weighted by Crippen LogP contribution is -2.60. The van der Waals surface area contributed by atoms with Crippen molar-refractivity contribution in [1.29, 1.82) is 0 Å². The van der Waals surface area contributed by atoms with E-state index in [0.717, 1.165) is 44.9 Å². The third kappa shape index (κ3) is 50.3. The molecular weight excluding hydrogens is 1010 g/mol. The van der Waals surface area contributed by atoms with Crippen LogP contribution in [0.25, 0.3) is 0 Å². The van der Waals surface area contributed by atoms with Crippen molar-refractivity contribution in [3.8, 4) is 0 Å². The monoisotopic (exact) mass is 1140 g/mol. The number of ether oxygens (including phenoxy) is 2. The molecular formula is C72H137NO8. The van der Waals surface area contributed by atoms with Crippen molar-refractivity contribution in [2.45, 2.75) is 403 Å². The Kier molecular flexibility index (Phi) is 58.8. The number of unbranched alkanes of at least 4 members (excludes halogenated alkanes) is 49. The summed E-state index contributed by atoms with van der Waals surface area (Å²) in [6, 6.07) is -0.805. The summed E-state index contributed by atoms with van der Waals surface area (Å²) in [6.07, 6.45) is 75.5. The third-order valence-electron chi connectivity index (χ3n) is 17.2. The van der Waals surface area contributed by atoms with Gasteiger partial charge in [0.15, 0.2) is 6.29 Å². The molecule has 0 saturated carbocycles. The fraction of sp³-hybridized carbons (Fsp3) is 0.903. The second kappa shape index (κ2) is 61.5. The van der Waals surface area contributed by atoms with Crippen molar-refractivity contribution >= 4 is 5.91 Å². The van der Waals surface area contributed by atoms with Crippen molar-refractivity contribution in [1.82, 2.24) is 5.32 Å². The third-order valence-corrected chi connectivity index (χ3v) is 17.2. The van der Waals surface area contributed by atoms with Crippen LogP contribution in [0.2, 0.25) is 0 Å². The van der Waals surface area contributed by atoms with Crippen LogP contribution in [0.1, 0.15) is 361 Å². The Bertz CT molecular complexity index is 1370. The van der Waals surface area contributed by atoms with E-state index in [1.165, 1.54) is 295 Å². The van der Waals surface area contributed by atoms with Crippen molar-refractivity contribution in [3.05, 3.63) is 36.5 Å². The van der Waals surface area contributed by atoms with E-state index >= 15 is 0 Å². The maximum atomic E-state index is 13.1. The summed E-state index contributed by atoms with van der Waals surface area (Å²) in [6.45, 7) is 3.83. The zero-order valence-corrected chi connectivity index (χ0v) is 53.6. The number of nitrogens with one attached hydrogen (secondary N) is 1. The molecule has 0 aromatic carbocycles. The van der Waals surface area contributed by atoms with E-state index in [0.29, 0.717) is 6.42 Å². The molecule has 81 heavy (non-hydrogen) atoms. The molecule has 7 unspecified atom stereocenters. The van der Waals surface area contributed by atoms with Crippen LogP contribution in [-0.2, 0) is 14.3 Å². The molecule has 1 amide bonds. The molecule has 1 heterocycles. The van der Waals surface area contributed by atoms with E-state index in [-0.39, 0.29) is 12.5 Å². The summed E-state index contributed by atoms with van der Waals surface area (Å²) in [4.78, 5) is 13.1. The normalized spacial score (nSPS) is 18.5. The molecule has 9 heteroatoms. The topological polar surface area (TPSA) is 149 Å². The van der Waals surface area contributed by atoms with Gasteiger partial charge in [0.25, 0.3) is 0 Å². The maximum Gasteiger partial charge on any atom is 0.220 e. The first-order valence-electron chi connectivity index (χ1n) is 35.7.